The summed E-state index contributed by atoms with van der Waals surface area (Å²) in [5.41, 5.74) is 2.80. The van der Waals surface area contributed by atoms with Crippen LogP contribution in [0.25, 0.3) is 16.0 Å². The molecule has 3 aromatic carbocycles. The number of amides is 1. The number of carbonyl (C=O) groups excluding carboxylic acids is 2. The van der Waals surface area contributed by atoms with Crippen LogP contribution in [0.2, 0.25) is 5.02 Å². The molecule has 0 aliphatic carbocycles. The van der Waals surface area contributed by atoms with Crippen molar-refractivity contribution in [3.63, 3.8) is 0 Å². The molecule has 0 bridgehead atoms. The van der Waals surface area contributed by atoms with Crippen molar-refractivity contribution >= 4 is 55.7 Å². The van der Waals surface area contributed by atoms with Gasteiger partial charge in [0.1, 0.15) is 17.6 Å². The molecule has 2 heterocycles. The molecule has 4 aromatic rings. The summed E-state index contributed by atoms with van der Waals surface area (Å²) in [5, 5.41) is 12.1. The van der Waals surface area contributed by atoms with Crippen LogP contribution < -0.4 is 9.64 Å². The summed E-state index contributed by atoms with van der Waals surface area (Å²) in [5.74, 6) is -1.35. The number of aliphatic hydroxyl groups is 1. The lowest BCUT2D eigenvalue weighted by Gasteiger charge is -2.24. The highest BCUT2D eigenvalue weighted by molar-refractivity contribution is 7.22. The third-order valence-corrected chi connectivity index (χ3v) is 7.32. The number of ether oxygens (including phenoxy) is 1. The average molecular weight is 505 g/mol. The maximum Gasteiger partial charge on any atom is 0.301 e. The van der Waals surface area contributed by atoms with Gasteiger partial charge in [0.05, 0.1) is 22.9 Å². The number of rotatable bonds is 5. The van der Waals surface area contributed by atoms with Crippen molar-refractivity contribution in [2.24, 2.45) is 0 Å². The Hall–Kier alpha value is -3.68. The van der Waals surface area contributed by atoms with E-state index in [0.717, 1.165) is 22.2 Å². The van der Waals surface area contributed by atoms with E-state index in [-0.39, 0.29) is 11.3 Å². The number of fused-ring (bicyclic) bond motifs is 1. The van der Waals surface area contributed by atoms with Crippen LogP contribution in [0.5, 0.6) is 5.75 Å². The molecule has 8 heteroatoms. The van der Waals surface area contributed by atoms with Crippen molar-refractivity contribution < 1.29 is 19.4 Å². The summed E-state index contributed by atoms with van der Waals surface area (Å²) in [6.45, 7) is 2.07. The van der Waals surface area contributed by atoms with E-state index in [0.29, 0.717) is 27.0 Å². The zero-order valence-electron chi connectivity index (χ0n) is 19.0. The van der Waals surface area contributed by atoms with E-state index in [2.05, 4.69) is 11.9 Å². The number of anilines is 1. The summed E-state index contributed by atoms with van der Waals surface area (Å²) >= 11 is 7.34. The van der Waals surface area contributed by atoms with Gasteiger partial charge in [0.2, 0.25) is 0 Å². The molecule has 6 nitrogen and oxygen atoms in total. The van der Waals surface area contributed by atoms with Gasteiger partial charge in [-0.15, -0.1) is 0 Å². The Bertz CT molecular complexity index is 1490. The van der Waals surface area contributed by atoms with E-state index in [9.17, 15) is 14.7 Å². The van der Waals surface area contributed by atoms with Gasteiger partial charge in [-0.25, -0.2) is 4.98 Å². The van der Waals surface area contributed by atoms with E-state index in [1.165, 1.54) is 23.3 Å². The molecule has 1 aromatic heterocycles. The van der Waals surface area contributed by atoms with Crippen LogP contribution >= 0.6 is 22.9 Å². The lowest BCUT2D eigenvalue weighted by molar-refractivity contribution is -0.132. The largest absolute Gasteiger partial charge is 0.507 e. The first kappa shape index (κ1) is 23.1. The van der Waals surface area contributed by atoms with Crippen LogP contribution in [0, 0.1) is 0 Å². The maximum absolute atomic E-state index is 13.4. The number of ketones is 1. The van der Waals surface area contributed by atoms with Crippen molar-refractivity contribution in [2.45, 2.75) is 19.4 Å². The van der Waals surface area contributed by atoms with E-state index >= 15 is 0 Å². The molecule has 0 spiro atoms. The van der Waals surface area contributed by atoms with Gasteiger partial charge in [-0.2, -0.15) is 0 Å². The summed E-state index contributed by atoms with van der Waals surface area (Å²) in [4.78, 5) is 32.8. The van der Waals surface area contributed by atoms with Crippen molar-refractivity contribution in [3.8, 4) is 5.75 Å². The molecular weight excluding hydrogens is 484 g/mol. The van der Waals surface area contributed by atoms with Crippen LogP contribution in [-0.4, -0.2) is 28.9 Å². The quantitative estimate of drug-likeness (QED) is 0.200. The molecule has 176 valence electrons. The van der Waals surface area contributed by atoms with Crippen LogP contribution in [0.1, 0.15) is 29.7 Å². The van der Waals surface area contributed by atoms with Crippen LogP contribution in [0.15, 0.2) is 72.3 Å². The normalized spacial score (nSPS) is 17.3. The second kappa shape index (κ2) is 9.17. The number of thiazole rings is 1. The summed E-state index contributed by atoms with van der Waals surface area (Å²) < 4.78 is 6.48. The number of hydrogen-bond acceptors (Lipinski definition) is 6. The lowest BCUT2D eigenvalue weighted by Crippen LogP contribution is -2.29. The molecule has 1 amide bonds. The SMILES string of the molecule is CCc1ccc2nc(N3C(=O)C(=O)C(=C(O)c4ccc(Cl)cc4)[C@H]3c3ccccc3OC)sc2c1. The standard InChI is InChI=1S/C27H21ClN2O4S/c1-3-15-8-13-19-21(14-15)35-27(29-19)30-23(18-6-4-5-7-20(18)34-2)22(25(32)26(30)33)24(31)16-9-11-17(28)12-10-16/h4-14,23,31H,3H2,1-2H3/t23-/m1/s1. The van der Waals surface area contributed by atoms with E-state index in [1.54, 1.807) is 48.5 Å². The second-order valence-electron chi connectivity index (χ2n) is 8.07. The fraction of sp³-hybridized carbons (Fsp3) is 0.148. The van der Waals surface area contributed by atoms with E-state index in [4.69, 9.17) is 16.3 Å². The molecular formula is C27H21ClN2O4S. The number of carbonyl (C=O) groups is 2. The molecule has 1 aliphatic heterocycles. The Morgan fingerprint density at radius 3 is 2.57 bits per heavy atom. The lowest BCUT2D eigenvalue weighted by atomic mass is 9.95. The van der Waals surface area contributed by atoms with E-state index in [1.807, 2.05) is 18.2 Å². The number of aryl methyl sites for hydroxylation is 1. The molecule has 0 radical (unpaired) electrons. The summed E-state index contributed by atoms with van der Waals surface area (Å²) in [6, 6.07) is 18.6. The molecule has 1 aliphatic rings. The smallest absolute Gasteiger partial charge is 0.301 e. The van der Waals surface area contributed by atoms with Gasteiger partial charge in [-0.3, -0.25) is 14.5 Å². The predicted molar refractivity (Wildman–Crippen MR) is 138 cm³/mol. The molecule has 1 atom stereocenters. The zero-order valence-corrected chi connectivity index (χ0v) is 20.6. The number of benzene rings is 3. The molecule has 0 unspecified atom stereocenters. The van der Waals surface area contributed by atoms with Crippen LogP contribution in [0.3, 0.4) is 0 Å². The minimum absolute atomic E-state index is 0.0321. The number of halogens is 1. The first-order valence-corrected chi connectivity index (χ1v) is 12.2. The van der Waals surface area contributed by atoms with Gasteiger partial charge in [-0.05, 0) is 54.4 Å². The van der Waals surface area contributed by atoms with Gasteiger partial charge in [0.25, 0.3) is 5.78 Å². The van der Waals surface area contributed by atoms with Gasteiger partial charge in [-0.1, -0.05) is 54.1 Å². The van der Waals surface area contributed by atoms with Crippen LogP contribution in [0.4, 0.5) is 5.13 Å². The van der Waals surface area contributed by atoms with Crippen molar-refractivity contribution in [2.75, 3.05) is 12.0 Å². The first-order valence-electron chi connectivity index (χ1n) is 11.0. The van der Waals surface area contributed by atoms with Crippen molar-refractivity contribution in [1.29, 1.82) is 0 Å². The predicted octanol–water partition coefficient (Wildman–Crippen LogP) is 6.15. The Morgan fingerprint density at radius 2 is 1.86 bits per heavy atom. The fourth-order valence-electron chi connectivity index (χ4n) is 4.26. The molecule has 0 saturated carbocycles. The molecule has 35 heavy (non-hydrogen) atoms. The van der Waals surface area contributed by atoms with E-state index < -0.39 is 17.7 Å². The van der Waals surface area contributed by atoms with Gasteiger partial charge < -0.3 is 9.84 Å². The monoisotopic (exact) mass is 504 g/mol. The highest BCUT2D eigenvalue weighted by atomic mass is 35.5. The Morgan fingerprint density at radius 1 is 1.11 bits per heavy atom. The number of methoxy groups -OCH3 is 1. The fourth-order valence-corrected chi connectivity index (χ4v) is 5.44. The summed E-state index contributed by atoms with van der Waals surface area (Å²) in [7, 11) is 1.52. The van der Waals surface area contributed by atoms with Crippen LogP contribution in [-0.2, 0) is 16.0 Å². The van der Waals surface area contributed by atoms with Gasteiger partial charge >= 0.3 is 5.91 Å². The number of Topliss-reactive ketones (excluding diaryl/α,β-unsaturated/α-hetero) is 1. The number of para-hydroxylation sites is 1. The summed E-state index contributed by atoms with van der Waals surface area (Å²) in [6.07, 6.45) is 0.871. The number of nitrogens with zero attached hydrogens (tertiary/aromatic N) is 2. The molecule has 1 saturated heterocycles. The average Bonchev–Trinajstić information content (AvgIpc) is 3.41. The highest BCUT2D eigenvalue weighted by Gasteiger charge is 2.49. The molecule has 1 N–H and O–H groups in total. The molecule has 1 fully saturated rings. The molecule has 5 rings (SSSR count). The van der Waals surface area contributed by atoms with Crippen molar-refractivity contribution in [3.05, 3.63) is 94.0 Å². The number of aliphatic hydroxyl groups excluding tert-OH is 1. The van der Waals surface area contributed by atoms with Gasteiger partial charge in [0.15, 0.2) is 5.13 Å². The first-order chi connectivity index (χ1) is 16.9. The Labute approximate surface area is 211 Å². The minimum Gasteiger partial charge on any atom is -0.507 e. The Balaban J connectivity index is 1.74. The Kier molecular flexibility index (Phi) is 6.05. The topological polar surface area (TPSA) is 79.7 Å². The van der Waals surface area contributed by atoms with Gasteiger partial charge in [0, 0.05) is 16.1 Å². The third-order valence-electron chi connectivity index (χ3n) is 6.05. The zero-order chi connectivity index (χ0) is 24.7. The highest BCUT2D eigenvalue weighted by Crippen LogP contribution is 2.46. The third kappa shape index (κ3) is 3.96. The van der Waals surface area contributed by atoms with Crippen molar-refractivity contribution in [1.82, 2.24) is 4.98 Å². The second-order valence-corrected chi connectivity index (χ2v) is 9.52. The maximum atomic E-state index is 13.4. The number of hydrogen-bond donors (Lipinski definition) is 1. The number of aromatic nitrogens is 1. The minimum atomic E-state index is -0.923.